The van der Waals surface area contributed by atoms with Crippen molar-refractivity contribution in [2.75, 3.05) is 5.32 Å². The molecular weight excluding hydrogens is 232 g/mol. The van der Waals surface area contributed by atoms with Gasteiger partial charge in [-0.2, -0.15) is 0 Å². The summed E-state index contributed by atoms with van der Waals surface area (Å²) in [5, 5.41) is 2.76. The van der Waals surface area contributed by atoms with E-state index in [1.165, 1.54) is 4.90 Å². The van der Waals surface area contributed by atoms with E-state index < -0.39 is 6.04 Å². The van der Waals surface area contributed by atoms with Crippen molar-refractivity contribution in [2.45, 2.75) is 43.4 Å². The number of benzene rings is 1. The van der Waals surface area contributed by atoms with Gasteiger partial charge in [-0.1, -0.05) is 20.8 Å². The Balaban J connectivity index is 2.65. The first-order valence-electron chi connectivity index (χ1n) is 5.63. The van der Waals surface area contributed by atoms with Crippen molar-refractivity contribution in [1.29, 1.82) is 0 Å². The van der Waals surface area contributed by atoms with Crippen LogP contribution in [0.3, 0.4) is 0 Å². The first-order valence-corrected chi connectivity index (χ1v) is 6.45. The Morgan fingerprint density at radius 3 is 2.24 bits per heavy atom. The molecule has 0 aliphatic heterocycles. The number of carbonyl (C=O) groups is 1. The third-order valence-corrected chi connectivity index (χ3v) is 3.08. The second-order valence-corrected chi connectivity index (χ2v) is 6.92. The van der Waals surface area contributed by atoms with Crippen molar-refractivity contribution in [1.82, 2.24) is 0 Å². The van der Waals surface area contributed by atoms with E-state index in [1.807, 2.05) is 24.3 Å². The number of carbonyl (C=O) groups excluding carboxylic acids is 1. The zero-order valence-electron chi connectivity index (χ0n) is 10.8. The third kappa shape index (κ3) is 5.24. The average Bonchev–Trinajstić information content (AvgIpc) is 2.18. The molecule has 1 aromatic rings. The molecule has 0 aliphatic carbocycles. The van der Waals surface area contributed by atoms with Gasteiger partial charge in [0, 0.05) is 15.3 Å². The van der Waals surface area contributed by atoms with Gasteiger partial charge in [-0.3, -0.25) is 4.79 Å². The normalized spacial score (nSPS) is 13.2. The van der Waals surface area contributed by atoms with Crippen LogP contribution in [0.15, 0.2) is 29.2 Å². The average molecular weight is 252 g/mol. The summed E-state index contributed by atoms with van der Waals surface area (Å²) in [5.41, 5.74) is 6.26. The molecule has 1 atom stereocenters. The topological polar surface area (TPSA) is 55.1 Å². The van der Waals surface area contributed by atoms with Gasteiger partial charge in [0.15, 0.2) is 0 Å². The summed E-state index contributed by atoms with van der Waals surface area (Å²) < 4.78 is 0.191. The Bertz CT molecular complexity index is 379. The van der Waals surface area contributed by atoms with Gasteiger partial charge in [0.05, 0.1) is 6.04 Å². The second kappa shape index (κ2) is 5.56. The van der Waals surface area contributed by atoms with Crippen LogP contribution in [0, 0.1) is 0 Å². The van der Waals surface area contributed by atoms with Crippen LogP contribution < -0.4 is 11.1 Å². The molecule has 3 N–H and O–H groups in total. The molecule has 94 valence electrons. The largest absolute Gasteiger partial charge is 0.325 e. The fourth-order valence-corrected chi connectivity index (χ4v) is 2.20. The predicted octanol–water partition coefficient (Wildman–Crippen LogP) is 2.86. The summed E-state index contributed by atoms with van der Waals surface area (Å²) in [5.74, 6) is -0.166. The van der Waals surface area contributed by atoms with E-state index in [0.29, 0.717) is 0 Å². The number of amides is 1. The molecule has 1 aromatic carbocycles. The van der Waals surface area contributed by atoms with Crippen LogP contribution >= 0.6 is 11.8 Å². The van der Waals surface area contributed by atoms with Crippen LogP contribution in [-0.4, -0.2) is 16.7 Å². The fourth-order valence-electron chi connectivity index (χ4n) is 1.22. The standard InChI is InChI=1S/C13H20N2OS/c1-9(14)12(16)15-10-5-7-11(8-6-10)17-13(2,3)4/h5-9H,14H2,1-4H3,(H,15,16)/t9-/m1/s1. The number of nitrogens with two attached hydrogens (primary N) is 1. The molecule has 0 saturated heterocycles. The zero-order valence-corrected chi connectivity index (χ0v) is 11.6. The summed E-state index contributed by atoms with van der Waals surface area (Å²) in [7, 11) is 0. The minimum atomic E-state index is -0.487. The van der Waals surface area contributed by atoms with Crippen molar-refractivity contribution in [3.05, 3.63) is 24.3 Å². The highest BCUT2D eigenvalue weighted by atomic mass is 32.2. The summed E-state index contributed by atoms with van der Waals surface area (Å²) in [6.45, 7) is 8.18. The molecule has 1 rings (SSSR count). The zero-order chi connectivity index (χ0) is 13.1. The van der Waals surface area contributed by atoms with Crippen LogP contribution in [0.25, 0.3) is 0 Å². The molecule has 0 spiro atoms. The highest BCUT2D eigenvalue weighted by Crippen LogP contribution is 2.32. The Morgan fingerprint density at radius 2 is 1.82 bits per heavy atom. The van der Waals surface area contributed by atoms with E-state index in [9.17, 15) is 4.79 Å². The van der Waals surface area contributed by atoms with Crippen LogP contribution in [-0.2, 0) is 4.79 Å². The Hall–Kier alpha value is -1.00. The quantitative estimate of drug-likeness (QED) is 0.813. The lowest BCUT2D eigenvalue weighted by molar-refractivity contribution is -0.117. The Kier molecular flexibility index (Phi) is 4.60. The second-order valence-electron chi connectivity index (χ2n) is 5.02. The van der Waals surface area contributed by atoms with E-state index >= 15 is 0 Å². The molecule has 1 amide bonds. The number of anilines is 1. The smallest absolute Gasteiger partial charge is 0.240 e. The lowest BCUT2D eigenvalue weighted by Gasteiger charge is -2.17. The van der Waals surface area contributed by atoms with Crippen molar-refractivity contribution >= 4 is 23.4 Å². The van der Waals surface area contributed by atoms with E-state index in [4.69, 9.17) is 5.73 Å². The fraction of sp³-hybridized carbons (Fsp3) is 0.462. The lowest BCUT2D eigenvalue weighted by atomic mass is 10.2. The van der Waals surface area contributed by atoms with Crippen LogP contribution in [0.4, 0.5) is 5.69 Å². The van der Waals surface area contributed by atoms with Crippen LogP contribution in [0.5, 0.6) is 0 Å². The predicted molar refractivity (Wildman–Crippen MR) is 74.3 cm³/mol. The monoisotopic (exact) mass is 252 g/mol. The van der Waals surface area contributed by atoms with Crippen LogP contribution in [0.2, 0.25) is 0 Å². The Morgan fingerprint density at radius 1 is 1.29 bits per heavy atom. The number of rotatable bonds is 3. The minimum absolute atomic E-state index is 0.166. The van der Waals surface area contributed by atoms with E-state index in [-0.39, 0.29) is 10.7 Å². The number of thioether (sulfide) groups is 1. The molecule has 0 heterocycles. The molecular formula is C13H20N2OS. The van der Waals surface area contributed by atoms with E-state index in [1.54, 1.807) is 18.7 Å². The van der Waals surface area contributed by atoms with Gasteiger partial charge in [-0.05, 0) is 31.2 Å². The number of hydrogen-bond acceptors (Lipinski definition) is 3. The molecule has 0 saturated carbocycles. The van der Waals surface area contributed by atoms with Gasteiger partial charge >= 0.3 is 0 Å². The van der Waals surface area contributed by atoms with E-state index in [0.717, 1.165) is 5.69 Å². The van der Waals surface area contributed by atoms with Gasteiger partial charge in [0.25, 0.3) is 0 Å². The molecule has 17 heavy (non-hydrogen) atoms. The molecule has 0 radical (unpaired) electrons. The van der Waals surface area contributed by atoms with Gasteiger partial charge in [-0.25, -0.2) is 0 Å². The molecule has 0 fully saturated rings. The van der Waals surface area contributed by atoms with Crippen molar-refractivity contribution < 1.29 is 4.79 Å². The molecule has 0 unspecified atom stereocenters. The number of hydrogen-bond donors (Lipinski definition) is 2. The SMILES string of the molecule is C[C@@H](N)C(=O)Nc1ccc(SC(C)(C)C)cc1. The van der Waals surface area contributed by atoms with Gasteiger partial charge in [-0.15, -0.1) is 11.8 Å². The lowest BCUT2D eigenvalue weighted by Crippen LogP contribution is -2.32. The van der Waals surface area contributed by atoms with Crippen molar-refractivity contribution in [3.8, 4) is 0 Å². The molecule has 0 bridgehead atoms. The summed E-state index contributed by atoms with van der Waals surface area (Å²) >= 11 is 1.80. The maximum absolute atomic E-state index is 11.4. The minimum Gasteiger partial charge on any atom is -0.325 e. The van der Waals surface area contributed by atoms with E-state index in [2.05, 4.69) is 26.1 Å². The summed E-state index contributed by atoms with van der Waals surface area (Å²) in [6.07, 6.45) is 0. The summed E-state index contributed by atoms with van der Waals surface area (Å²) in [6, 6.07) is 7.32. The molecule has 3 nitrogen and oxygen atoms in total. The van der Waals surface area contributed by atoms with Crippen molar-refractivity contribution in [3.63, 3.8) is 0 Å². The molecule has 0 aliphatic rings. The maximum Gasteiger partial charge on any atom is 0.240 e. The molecule has 4 heteroatoms. The highest BCUT2D eigenvalue weighted by molar-refractivity contribution is 8.00. The number of nitrogens with one attached hydrogen (secondary N) is 1. The molecule has 0 aromatic heterocycles. The van der Waals surface area contributed by atoms with Crippen LogP contribution in [0.1, 0.15) is 27.7 Å². The highest BCUT2D eigenvalue weighted by Gasteiger charge is 2.12. The third-order valence-electron chi connectivity index (χ3n) is 1.96. The first-order chi connectivity index (χ1) is 7.78. The van der Waals surface area contributed by atoms with Gasteiger partial charge in [0.1, 0.15) is 0 Å². The first kappa shape index (κ1) is 14.1. The van der Waals surface area contributed by atoms with Gasteiger partial charge in [0.2, 0.25) is 5.91 Å². The van der Waals surface area contributed by atoms with Crippen molar-refractivity contribution in [2.24, 2.45) is 5.73 Å². The Labute approximate surface area is 107 Å². The summed E-state index contributed by atoms with van der Waals surface area (Å²) in [4.78, 5) is 12.6. The van der Waals surface area contributed by atoms with Gasteiger partial charge < -0.3 is 11.1 Å². The maximum atomic E-state index is 11.4.